The average molecular weight is 225 g/mol. The molecule has 2 aromatic heterocycles. The normalized spacial score (nSPS) is 13.1. The van der Waals surface area contributed by atoms with Crippen molar-refractivity contribution in [3.05, 3.63) is 22.1 Å². The van der Waals surface area contributed by atoms with Crippen molar-refractivity contribution in [3.8, 4) is 10.6 Å². The van der Waals surface area contributed by atoms with Crippen LogP contribution >= 0.6 is 22.9 Å². The summed E-state index contributed by atoms with van der Waals surface area (Å²) in [6.45, 7) is 3.93. The van der Waals surface area contributed by atoms with E-state index in [9.17, 15) is 0 Å². The van der Waals surface area contributed by atoms with Gasteiger partial charge in [0.05, 0.1) is 22.3 Å². The van der Waals surface area contributed by atoms with Crippen LogP contribution in [0.5, 0.6) is 0 Å². The second-order valence-corrected chi connectivity index (χ2v) is 4.89. The average Bonchev–Trinajstić information content (AvgIpc) is 2.70. The Bertz CT molecular complexity index is 431. The molecule has 0 fully saturated rings. The van der Waals surface area contributed by atoms with Crippen LogP contribution < -0.4 is 5.73 Å². The lowest BCUT2D eigenvalue weighted by atomic mass is 10.3. The van der Waals surface area contributed by atoms with Crippen molar-refractivity contribution in [1.29, 1.82) is 0 Å². The number of aromatic nitrogens is 2. The molecule has 0 bridgehead atoms. The van der Waals surface area contributed by atoms with Crippen molar-refractivity contribution in [3.63, 3.8) is 0 Å². The van der Waals surface area contributed by atoms with Crippen LogP contribution in [0.4, 0.5) is 0 Å². The number of aryl methyl sites for hydroxylation is 1. The highest BCUT2D eigenvalue weighted by Crippen LogP contribution is 2.27. The third kappa shape index (κ3) is 1.84. The van der Waals surface area contributed by atoms with E-state index in [1.807, 2.05) is 25.3 Å². The van der Waals surface area contributed by atoms with Gasteiger partial charge >= 0.3 is 0 Å². The molecule has 2 heterocycles. The minimum atomic E-state index is 0.0165. The molecule has 0 aromatic carbocycles. The number of nitrogens with two attached hydrogens (primary N) is 1. The van der Waals surface area contributed by atoms with E-state index < -0.39 is 0 Å². The van der Waals surface area contributed by atoms with Crippen molar-refractivity contribution in [2.24, 2.45) is 5.73 Å². The van der Waals surface area contributed by atoms with Crippen LogP contribution in [0.15, 0.2) is 11.4 Å². The molecule has 14 heavy (non-hydrogen) atoms. The van der Waals surface area contributed by atoms with E-state index >= 15 is 0 Å². The molecule has 2 rings (SSSR count). The van der Waals surface area contributed by atoms with Gasteiger partial charge in [-0.3, -0.25) is 0 Å². The van der Waals surface area contributed by atoms with Crippen molar-refractivity contribution in [2.45, 2.75) is 19.9 Å². The summed E-state index contributed by atoms with van der Waals surface area (Å²) in [5.41, 5.74) is 7.78. The Morgan fingerprint density at radius 3 is 2.79 bits per heavy atom. The fourth-order valence-corrected chi connectivity index (χ4v) is 2.66. The van der Waals surface area contributed by atoms with Crippen LogP contribution in [0.1, 0.15) is 23.7 Å². The number of nitrogens with zero attached hydrogens (tertiary/aromatic N) is 2. The van der Waals surface area contributed by atoms with Gasteiger partial charge < -0.3 is 5.73 Å². The zero-order chi connectivity index (χ0) is 10.1. The molecule has 0 saturated heterocycles. The topological polar surface area (TPSA) is 51.8 Å². The molecule has 0 radical (unpaired) electrons. The lowest BCUT2D eigenvalue weighted by Crippen LogP contribution is -2.03. The molecule has 0 amide bonds. The smallest absolute Gasteiger partial charge is 0.110 e. The molecule has 0 aliphatic carbocycles. The molecule has 1 unspecified atom stereocenters. The summed E-state index contributed by atoms with van der Waals surface area (Å²) in [5, 5.41) is 3.01. The van der Waals surface area contributed by atoms with Crippen LogP contribution in [0, 0.1) is 6.92 Å². The molecule has 0 aliphatic heterocycles. The molecule has 5 heteroatoms. The third-order valence-corrected chi connectivity index (χ3v) is 3.74. The lowest BCUT2D eigenvalue weighted by Gasteiger charge is -1.96. The van der Waals surface area contributed by atoms with Crippen molar-refractivity contribution in [1.82, 2.24) is 9.36 Å². The Balaban J connectivity index is 2.33. The summed E-state index contributed by atoms with van der Waals surface area (Å²) in [7, 11) is 0. The third-order valence-electron chi connectivity index (χ3n) is 1.79. The monoisotopic (exact) mass is 225 g/mol. The van der Waals surface area contributed by atoms with E-state index in [4.69, 9.17) is 5.73 Å². The molecule has 2 aromatic rings. The second kappa shape index (κ2) is 3.76. The first-order valence-corrected chi connectivity index (χ1v) is 5.97. The Morgan fingerprint density at radius 1 is 1.50 bits per heavy atom. The molecular weight excluding hydrogens is 214 g/mol. The highest BCUT2D eigenvalue weighted by molar-refractivity contribution is 7.12. The van der Waals surface area contributed by atoms with Crippen LogP contribution in [-0.2, 0) is 0 Å². The zero-order valence-corrected chi connectivity index (χ0v) is 9.65. The van der Waals surface area contributed by atoms with Gasteiger partial charge in [0.25, 0.3) is 0 Å². The SMILES string of the molecule is Cc1cc(-c2csc(C(C)N)n2)sn1. The summed E-state index contributed by atoms with van der Waals surface area (Å²) in [5.74, 6) is 0. The Labute approximate surface area is 90.8 Å². The predicted octanol–water partition coefficient (Wildman–Crippen LogP) is 2.59. The molecule has 0 saturated carbocycles. The van der Waals surface area contributed by atoms with E-state index in [1.54, 1.807) is 11.3 Å². The second-order valence-electron chi connectivity index (χ2n) is 3.19. The highest BCUT2D eigenvalue weighted by atomic mass is 32.1. The minimum Gasteiger partial charge on any atom is -0.322 e. The first-order chi connectivity index (χ1) is 6.66. The van der Waals surface area contributed by atoms with Crippen molar-refractivity contribution in [2.75, 3.05) is 0 Å². The van der Waals surface area contributed by atoms with Gasteiger partial charge in [-0.05, 0) is 31.4 Å². The van der Waals surface area contributed by atoms with Gasteiger partial charge in [0.2, 0.25) is 0 Å². The number of hydrogen-bond acceptors (Lipinski definition) is 5. The van der Waals surface area contributed by atoms with Crippen molar-refractivity contribution < 1.29 is 0 Å². The lowest BCUT2D eigenvalue weighted by molar-refractivity contribution is 0.808. The Kier molecular flexibility index (Phi) is 2.62. The number of thiazole rings is 1. The molecular formula is C9H11N3S2. The Morgan fingerprint density at radius 2 is 2.29 bits per heavy atom. The molecule has 0 aliphatic rings. The first kappa shape index (κ1) is 9.76. The van der Waals surface area contributed by atoms with E-state index in [0.29, 0.717) is 0 Å². The maximum atomic E-state index is 5.75. The van der Waals surface area contributed by atoms with Crippen LogP contribution in [0.3, 0.4) is 0 Å². The van der Waals surface area contributed by atoms with E-state index in [0.717, 1.165) is 21.3 Å². The largest absolute Gasteiger partial charge is 0.322 e. The van der Waals surface area contributed by atoms with E-state index in [2.05, 4.69) is 9.36 Å². The van der Waals surface area contributed by atoms with Crippen LogP contribution in [0.25, 0.3) is 10.6 Å². The summed E-state index contributed by atoms with van der Waals surface area (Å²) >= 11 is 3.09. The summed E-state index contributed by atoms with van der Waals surface area (Å²) in [6.07, 6.45) is 0. The molecule has 2 N–H and O–H groups in total. The molecule has 0 spiro atoms. The van der Waals surface area contributed by atoms with Crippen LogP contribution in [0.2, 0.25) is 0 Å². The predicted molar refractivity (Wildman–Crippen MR) is 60.6 cm³/mol. The quantitative estimate of drug-likeness (QED) is 0.854. The first-order valence-electron chi connectivity index (χ1n) is 4.31. The van der Waals surface area contributed by atoms with Gasteiger partial charge in [-0.25, -0.2) is 4.98 Å². The van der Waals surface area contributed by atoms with Gasteiger partial charge in [-0.2, -0.15) is 4.37 Å². The zero-order valence-electron chi connectivity index (χ0n) is 8.02. The maximum absolute atomic E-state index is 5.75. The van der Waals surface area contributed by atoms with E-state index in [1.165, 1.54) is 11.5 Å². The van der Waals surface area contributed by atoms with Crippen LogP contribution in [-0.4, -0.2) is 9.36 Å². The minimum absolute atomic E-state index is 0.0165. The highest BCUT2D eigenvalue weighted by Gasteiger charge is 2.09. The Hall–Kier alpha value is -0.780. The fourth-order valence-electron chi connectivity index (χ4n) is 1.09. The van der Waals surface area contributed by atoms with Gasteiger partial charge in [0.1, 0.15) is 5.01 Å². The molecule has 3 nitrogen and oxygen atoms in total. The van der Waals surface area contributed by atoms with Crippen molar-refractivity contribution >= 4 is 22.9 Å². The van der Waals surface area contributed by atoms with Gasteiger partial charge in [-0.1, -0.05) is 0 Å². The number of hydrogen-bond donors (Lipinski definition) is 1. The van der Waals surface area contributed by atoms with Gasteiger partial charge in [0, 0.05) is 5.38 Å². The standard InChI is InChI=1S/C9H11N3S2/c1-5-3-8(14-12-5)7-4-13-9(11-7)6(2)10/h3-4,6H,10H2,1-2H3. The molecule has 1 atom stereocenters. The summed E-state index contributed by atoms with van der Waals surface area (Å²) in [6, 6.07) is 2.06. The molecule has 74 valence electrons. The van der Waals surface area contributed by atoms with Gasteiger partial charge in [0.15, 0.2) is 0 Å². The summed E-state index contributed by atoms with van der Waals surface area (Å²) < 4.78 is 4.22. The fraction of sp³-hybridized carbons (Fsp3) is 0.333. The maximum Gasteiger partial charge on any atom is 0.110 e. The van der Waals surface area contributed by atoms with Gasteiger partial charge in [-0.15, -0.1) is 11.3 Å². The number of rotatable bonds is 2. The van der Waals surface area contributed by atoms with E-state index in [-0.39, 0.29) is 6.04 Å². The summed E-state index contributed by atoms with van der Waals surface area (Å²) in [4.78, 5) is 5.57.